The Bertz CT molecular complexity index is 1020. The van der Waals surface area contributed by atoms with E-state index < -0.39 is 6.10 Å². The maximum absolute atomic E-state index is 12.3. The van der Waals surface area contributed by atoms with Crippen molar-refractivity contribution in [3.63, 3.8) is 0 Å². The van der Waals surface area contributed by atoms with E-state index in [0.29, 0.717) is 11.4 Å². The van der Waals surface area contributed by atoms with Gasteiger partial charge in [0.05, 0.1) is 11.0 Å². The van der Waals surface area contributed by atoms with Crippen LogP contribution in [0.4, 0.5) is 5.69 Å². The summed E-state index contributed by atoms with van der Waals surface area (Å²) >= 11 is 0. The van der Waals surface area contributed by atoms with Gasteiger partial charge in [0, 0.05) is 11.3 Å². The number of carbonyl (C=O) groups is 1. The lowest BCUT2D eigenvalue weighted by molar-refractivity contribution is -0.122. The highest BCUT2D eigenvalue weighted by Crippen LogP contribution is 2.22. The summed E-state index contributed by atoms with van der Waals surface area (Å²) in [6.45, 7) is 1.73. The number of aromatic amines is 1. The third-order valence-electron chi connectivity index (χ3n) is 4.24. The molecule has 27 heavy (non-hydrogen) atoms. The van der Waals surface area contributed by atoms with Crippen molar-refractivity contribution in [2.24, 2.45) is 0 Å². The molecule has 0 saturated heterocycles. The molecule has 0 aliphatic rings. The van der Waals surface area contributed by atoms with Crippen LogP contribution in [0.1, 0.15) is 6.92 Å². The van der Waals surface area contributed by atoms with Crippen LogP contribution in [0.5, 0.6) is 5.75 Å². The third-order valence-corrected chi connectivity index (χ3v) is 4.24. The number of H-pyrrole nitrogens is 1. The second kappa shape index (κ2) is 7.33. The first-order chi connectivity index (χ1) is 13.2. The summed E-state index contributed by atoms with van der Waals surface area (Å²) in [6.07, 6.45) is -0.595. The van der Waals surface area contributed by atoms with E-state index in [9.17, 15) is 4.79 Å². The van der Waals surface area contributed by atoms with Crippen molar-refractivity contribution in [2.75, 3.05) is 5.32 Å². The fourth-order valence-electron chi connectivity index (χ4n) is 2.80. The normalized spacial score (nSPS) is 11.9. The average molecular weight is 357 g/mol. The van der Waals surface area contributed by atoms with Crippen LogP contribution in [0.25, 0.3) is 22.4 Å². The Morgan fingerprint density at radius 3 is 2.41 bits per heavy atom. The number of rotatable bonds is 5. The van der Waals surface area contributed by atoms with Gasteiger partial charge in [-0.2, -0.15) is 0 Å². The standard InChI is InChI=1S/C22H19N3O2/c1-15(27-18-7-3-2-4-8-18)22(26)23-17-13-11-16(12-14-17)21-24-19-9-5-6-10-20(19)25-21/h2-15H,1H3,(H,23,26)(H,24,25)/t15-/m0/s1. The van der Waals surface area contributed by atoms with Crippen molar-refractivity contribution in [3.8, 4) is 17.1 Å². The van der Waals surface area contributed by atoms with Gasteiger partial charge in [0.2, 0.25) is 0 Å². The minimum atomic E-state index is -0.595. The summed E-state index contributed by atoms with van der Waals surface area (Å²) in [4.78, 5) is 20.2. The first-order valence-corrected chi connectivity index (χ1v) is 8.77. The third kappa shape index (κ3) is 3.82. The van der Waals surface area contributed by atoms with E-state index in [1.165, 1.54) is 0 Å². The van der Waals surface area contributed by atoms with Gasteiger partial charge in [-0.25, -0.2) is 4.98 Å². The van der Waals surface area contributed by atoms with E-state index in [-0.39, 0.29) is 5.91 Å². The van der Waals surface area contributed by atoms with Gasteiger partial charge in [0.15, 0.2) is 6.10 Å². The number of aromatic nitrogens is 2. The second-order valence-electron chi connectivity index (χ2n) is 6.24. The fourth-order valence-corrected chi connectivity index (χ4v) is 2.80. The van der Waals surface area contributed by atoms with Crippen LogP contribution in [0.15, 0.2) is 78.9 Å². The first kappa shape index (κ1) is 16.8. The topological polar surface area (TPSA) is 67.0 Å². The predicted molar refractivity (Wildman–Crippen MR) is 107 cm³/mol. The molecule has 1 heterocycles. The van der Waals surface area contributed by atoms with Crippen molar-refractivity contribution in [3.05, 3.63) is 78.9 Å². The lowest BCUT2D eigenvalue weighted by Crippen LogP contribution is -2.30. The molecule has 0 saturated carbocycles. The van der Waals surface area contributed by atoms with Crippen molar-refractivity contribution in [2.45, 2.75) is 13.0 Å². The number of nitrogens with one attached hydrogen (secondary N) is 2. The Hall–Kier alpha value is -3.60. The Morgan fingerprint density at radius 2 is 1.67 bits per heavy atom. The van der Waals surface area contributed by atoms with Crippen LogP contribution in [-0.4, -0.2) is 22.0 Å². The van der Waals surface area contributed by atoms with E-state index in [0.717, 1.165) is 22.4 Å². The molecule has 0 aliphatic heterocycles. The van der Waals surface area contributed by atoms with Gasteiger partial charge in [-0.3, -0.25) is 4.79 Å². The molecule has 4 rings (SSSR count). The summed E-state index contributed by atoms with van der Waals surface area (Å²) < 4.78 is 5.65. The van der Waals surface area contributed by atoms with Crippen LogP contribution >= 0.6 is 0 Å². The molecule has 0 spiro atoms. The molecule has 1 amide bonds. The molecule has 4 aromatic rings. The molecular weight excluding hydrogens is 338 g/mol. The first-order valence-electron chi connectivity index (χ1n) is 8.77. The number of hydrogen-bond acceptors (Lipinski definition) is 3. The molecule has 3 aromatic carbocycles. The summed E-state index contributed by atoms with van der Waals surface area (Å²) in [5, 5.41) is 2.87. The second-order valence-corrected chi connectivity index (χ2v) is 6.24. The number of fused-ring (bicyclic) bond motifs is 1. The molecule has 5 nitrogen and oxygen atoms in total. The highest BCUT2D eigenvalue weighted by Gasteiger charge is 2.15. The van der Waals surface area contributed by atoms with E-state index in [2.05, 4.69) is 15.3 Å². The number of carbonyl (C=O) groups excluding carboxylic acids is 1. The summed E-state index contributed by atoms with van der Waals surface area (Å²) in [5.41, 5.74) is 3.59. The Morgan fingerprint density at radius 1 is 0.963 bits per heavy atom. The van der Waals surface area contributed by atoms with Crippen molar-refractivity contribution >= 4 is 22.6 Å². The number of benzene rings is 3. The van der Waals surface area contributed by atoms with Crippen LogP contribution in [0.3, 0.4) is 0 Å². The van der Waals surface area contributed by atoms with E-state index in [4.69, 9.17) is 4.74 Å². The Labute approximate surface area is 157 Å². The van der Waals surface area contributed by atoms with Crippen LogP contribution < -0.4 is 10.1 Å². The highest BCUT2D eigenvalue weighted by atomic mass is 16.5. The van der Waals surface area contributed by atoms with Gasteiger partial charge < -0.3 is 15.0 Å². The van der Waals surface area contributed by atoms with Crippen LogP contribution in [0, 0.1) is 0 Å². The molecule has 0 bridgehead atoms. The number of amides is 1. The Balaban J connectivity index is 1.43. The van der Waals surface area contributed by atoms with Crippen LogP contribution in [0.2, 0.25) is 0 Å². The lowest BCUT2D eigenvalue weighted by atomic mass is 10.2. The van der Waals surface area contributed by atoms with Gasteiger partial charge in [0.25, 0.3) is 5.91 Å². The largest absolute Gasteiger partial charge is 0.481 e. The molecule has 0 unspecified atom stereocenters. The zero-order valence-electron chi connectivity index (χ0n) is 14.8. The number of para-hydroxylation sites is 3. The number of imidazole rings is 1. The van der Waals surface area contributed by atoms with Crippen molar-refractivity contribution < 1.29 is 9.53 Å². The van der Waals surface area contributed by atoms with Crippen molar-refractivity contribution in [1.82, 2.24) is 9.97 Å². The number of hydrogen-bond donors (Lipinski definition) is 2. The van der Waals surface area contributed by atoms with Gasteiger partial charge in [-0.15, -0.1) is 0 Å². The summed E-state index contributed by atoms with van der Waals surface area (Å²) in [7, 11) is 0. The Kier molecular flexibility index (Phi) is 4.58. The highest BCUT2D eigenvalue weighted by molar-refractivity contribution is 5.94. The minimum absolute atomic E-state index is 0.199. The molecule has 134 valence electrons. The van der Waals surface area contributed by atoms with Gasteiger partial charge in [-0.1, -0.05) is 30.3 Å². The monoisotopic (exact) mass is 357 g/mol. The van der Waals surface area contributed by atoms with Gasteiger partial charge >= 0.3 is 0 Å². The fraction of sp³-hybridized carbons (Fsp3) is 0.0909. The zero-order valence-corrected chi connectivity index (χ0v) is 14.8. The smallest absolute Gasteiger partial charge is 0.265 e. The number of ether oxygens (including phenoxy) is 1. The summed E-state index contributed by atoms with van der Waals surface area (Å²) in [6, 6.07) is 24.8. The molecule has 1 atom stereocenters. The summed E-state index contributed by atoms with van der Waals surface area (Å²) in [5.74, 6) is 1.27. The van der Waals surface area contributed by atoms with E-state index >= 15 is 0 Å². The molecule has 0 fully saturated rings. The SMILES string of the molecule is C[C@H](Oc1ccccc1)C(=O)Nc1ccc(-c2nc3ccccc3[nH]2)cc1. The predicted octanol–water partition coefficient (Wildman–Crippen LogP) is 4.64. The maximum atomic E-state index is 12.3. The lowest BCUT2D eigenvalue weighted by Gasteiger charge is -2.14. The quantitative estimate of drug-likeness (QED) is 0.547. The van der Waals surface area contributed by atoms with E-state index in [1.807, 2.05) is 78.9 Å². The zero-order chi connectivity index (χ0) is 18.6. The van der Waals surface area contributed by atoms with Gasteiger partial charge in [0.1, 0.15) is 11.6 Å². The molecule has 5 heteroatoms. The average Bonchev–Trinajstić information content (AvgIpc) is 3.13. The molecule has 1 aromatic heterocycles. The minimum Gasteiger partial charge on any atom is -0.481 e. The molecule has 0 aliphatic carbocycles. The molecule has 0 radical (unpaired) electrons. The van der Waals surface area contributed by atoms with Crippen LogP contribution in [-0.2, 0) is 4.79 Å². The van der Waals surface area contributed by atoms with Crippen molar-refractivity contribution in [1.29, 1.82) is 0 Å². The number of nitrogens with zero attached hydrogens (tertiary/aromatic N) is 1. The molecular formula is C22H19N3O2. The van der Waals surface area contributed by atoms with E-state index in [1.54, 1.807) is 6.92 Å². The van der Waals surface area contributed by atoms with Gasteiger partial charge in [-0.05, 0) is 55.5 Å². The maximum Gasteiger partial charge on any atom is 0.265 e. The number of anilines is 1. The molecule has 2 N–H and O–H groups in total.